The van der Waals surface area contributed by atoms with Gasteiger partial charge in [-0.15, -0.1) is 0 Å². The molecule has 0 bridgehead atoms. The Kier molecular flexibility index (Phi) is 4.46. The lowest BCUT2D eigenvalue weighted by molar-refractivity contribution is 0.541. The summed E-state index contributed by atoms with van der Waals surface area (Å²) in [7, 11) is 0. The van der Waals surface area contributed by atoms with Gasteiger partial charge in [0.2, 0.25) is 0 Å². The van der Waals surface area contributed by atoms with Crippen LogP contribution in [0.4, 0.5) is 0 Å². The monoisotopic (exact) mass is 256 g/mol. The smallest absolute Gasteiger partial charge is 0.0595 e. The molecule has 1 atom stereocenters. The number of hydrogen-bond donors (Lipinski definition) is 0. The van der Waals surface area contributed by atoms with E-state index in [9.17, 15) is 0 Å². The topological polar surface area (TPSA) is 0 Å². The van der Waals surface area contributed by atoms with E-state index in [1.807, 2.05) is 18.2 Å². The Balaban J connectivity index is 2.85. The van der Waals surface area contributed by atoms with Crippen molar-refractivity contribution in [3.63, 3.8) is 0 Å². The largest absolute Gasteiger partial charge is 0.0827 e. The summed E-state index contributed by atoms with van der Waals surface area (Å²) < 4.78 is 0. The minimum Gasteiger partial charge on any atom is -0.0827 e. The van der Waals surface area contributed by atoms with Crippen LogP contribution in [0.1, 0.15) is 39.2 Å². The molecule has 0 nitrogen and oxygen atoms in total. The van der Waals surface area contributed by atoms with Crippen LogP contribution < -0.4 is 0 Å². The fourth-order valence-corrected chi connectivity index (χ4v) is 1.65. The Hall–Kier alpha value is -0.460. The SMILES string of the molecule is CC(C=CC(C)(C)C)c1ccc(Cl)c(Cl)c1. The zero-order chi connectivity index (χ0) is 12.3. The molecule has 0 fully saturated rings. The van der Waals surface area contributed by atoms with Crippen LogP contribution in [0.5, 0.6) is 0 Å². The van der Waals surface area contributed by atoms with E-state index in [4.69, 9.17) is 23.2 Å². The van der Waals surface area contributed by atoms with Crippen molar-refractivity contribution in [2.24, 2.45) is 5.41 Å². The summed E-state index contributed by atoms with van der Waals surface area (Å²) in [6.45, 7) is 8.71. The third-order valence-electron chi connectivity index (χ3n) is 2.35. The minimum atomic E-state index is 0.213. The second kappa shape index (κ2) is 5.25. The van der Waals surface area contributed by atoms with E-state index < -0.39 is 0 Å². The van der Waals surface area contributed by atoms with Gasteiger partial charge >= 0.3 is 0 Å². The first kappa shape index (κ1) is 13.6. The van der Waals surface area contributed by atoms with Crippen LogP contribution in [-0.2, 0) is 0 Å². The van der Waals surface area contributed by atoms with Gasteiger partial charge in [0.25, 0.3) is 0 Å². The Bertz CT molecular complexity index is 386. The predicted octanol–water partition coefficient (Wildman–Crippen LogP) is 5.70. The molecular formula is C14H18Cl2. The first-order valence-corrected chi connectivity index (χ1v) is 6.19. The van der Waals surface area contributed by atoms with Crippen LogP contribution in [0.25, 0.3) is 0 Å². The second-order valence-electron chi connectivity index (χ2n) is 5.19. The highest BCUT2D eigenvalue weighted by Gasteiger charge is 2.08. The van der Waals surface area contributed by atoms with Gasteiger partial charge < -0.3 is 0 Å². The van der Waals surface area contributed by atoms with Crippen molar-refractivity contribution in [3.8, 4) is 0 Å². The number of benzene rings is 1. The van der Waals surface area contributed by atoms with Gasteiger partial charge in [-0.1, -0.05) is 69.1 Å². The molecular weight excluding hydrogens is 239 g/mol. The first-order valence-electron chi connectivity index (χ1n) is 5.44. The summed E-state index contributed by atoms with van der Waals surface area (Å²) in [6.07, 6.45) is 4.43. The van der Waals surface area contributed by atoms with Gasteiger partial charge in [0.15, 0.2) is 0 Å². The minimum absolute atomic E-state index is 0.213. The number of rotatable bonds is 2. The Morgan fingerprint density at radius 3 is 2.25 bits per heavy atom. The zero-order valence-electron chi connectivity index (χ0n) is 10.2. The third kappa shape index (κ3) is 4.19. The maximum absolute atomic E-state index is 5.99. The normalized spacial score (nSPS) is 14.4. The van der Waals surface area contributed by atoms with Gasteiger partial charge in [0, 0.05) is 0 Å². The highest BCUT2D eigenvalue weighted by atomic mass is 35.5. The lowest BCUT2D eigenvalue weighted by Crippen LogP contribution is -2.00. The Morgan fingerprint density at radius 1 is 1.12 bits per heavy atom. The molecule has 0 saturated carbocycles. The van der Waals surface area contributed by atoms with Gasteiger partial charge in [0.1, 0.15) is 0 Å². The molecule has 1 aromatic rings. The maximum atomic E-state index is 5.99. The quantitative estimate of drug-likeness (QED) is 0.596. The van der Waals surface area contributed by atoms with Crippen molar-refractivity contribution in [1.82, 2.24) is 0 Å². The van der Waals surface area contributed by atoms with Gasteiger partial charge in [-0.05, 0) is 29.0 Å². The summed E-state index contributed by atoms with van der Waals surface area (Å²) in [5.74, 6) is 0.356. The van der Waals surface area contributed by atoms with Gasteiger partial charge in [-0.2, -0.15) is 0 Å². The molecule has 88 valence electrons. The Labute approximate surface area is 108 Å². The second-order valence-corrected chi connectivity index (χ2v) is 6.00. The van der Waals surface area contributed by atoms with Crippen molar-refractivity contribution in [2.45, 2.75) is 33.6 Å². The molecule has 0 N–H and O–H groups in total. The van der Waals surface area contributed by atoms with E-state index in [-0.39, 0.29) is 5.41 Å². The van der Waals surface area contributed by atoms with Crippen LogP contribution in [0.15, 0.2) is 30.4 Å². The molecule has 1 unspecified atom stereocenters. The standard InChI is InChI=1S/C14H18Cl2/c1-10(7-8-14(2,3)4)11-5-6-12(15)13(16)9-11/h5-10H,1-4H3. The van der Waals surface area contributed by atoms with Crippen molar-refractivity contribution >= 4 is 23.2 Å². The summed E-state index contributed by atoms with van der Waals surface area (Å²) in [5, 5.41) is 1.23. The van der Waals surface area contributed by atoms with Crippen molar-refractivity contribution in [3.05, 3.63) is 46.0 Å². The number of halogens is 2. The van der Waals surface area contributed by atoms with Crippen LogP contribution in [0.2, 0.25) is 10.0 Å². The average molecular weight is 257 g/mol. The molecule has 0 aromatic heterocycles. The molecule has 0 aliphatic carbocycles. The van der Waals surface area contributed by atoms with Crippen molar-refractivity contribution < 1.29 is 0 Å². The van der Waals surface area contributed by atoms with E-state index in [1.54, 1.807) is 0 Å². The van der Waals surface area contributed by atoms with Crippen LogP contribution >= 0.6 is 23.2 Å². The van der Waals surface area contributed by atoms with E-state index in [1.165, 1.54) is 5.56 Å². The maximum Gasteiger partial charge on any atom is 0.0595 e. The summed E-state index contributed by atoms with van der Waals surface area (Å²) >= 11 is 11.9. The van der Waals surface area contributed by atoms with E-state index in [0.29, 0.717) is 16.0 Å². The highest BCUT2D eigenvalue weighted by Crippen LogP contribution is 2.28. The van der Waals surface area contributed by atoms with Gasteiger partial charge in [0.05, 0.1) is 10.0 Å². The van der Waals surface area contributed by atoms with E-state index in [2.05, 4.69) is 39.8 Å². The molecule has 1 rings (SSSR count). The molecule has 2 heteroatoms. The van der Waals surface area contributed by atoms with Gasteiger partial charge in [-0.25, -0.2) is 0 Å². The van der Waals surface area contributed by atoms with Crippen molar-refractivity contribution in [2.75, 3.05) is 0 Å². The summed E-state index contributed by atoms with van der Waals surface area (Å²) in [4.78, 5) is 0. The van der Waals surface area contributed by atoms with Gasteiger partial charge in [-0.3, -0.25) is 0 Å². The van der Waals surface area contributed by atoms with E-state index in [0.717, 1.165) is 0 Å². The van der Waals surface area contributed by atoms with Crippen LogP contribution in [-0.4, -0.2) is 0 Å². The molecule has 0 radical (unpaired) electrons. The summed E-state index contributed by atoms with van der Waals surface area (Å²) in [6, 6.07) is 5.80. The van der Waals surface area contributed by atoms with Crippen LogP contribution in [0.3, 0.4) is 0 Å². The lowest BCUT2D eigenvalue weighted by Gasteiger charge is -2.14. The molecule has 0 saturated heterocycles. The Morgan fingerprint density at radius 2 is 1.75 bits per heavy atom. The molecule has 1 aromatic carbocycles. The molecule has 0 heterocycles. The number of allylic oxidation sites excluding steroid dienone is 2. The zero-order valence-corrected chi connectivity index (χ0v) is 11.7. The predicted molar refractivity (Wildman–Crippen MR) is 73.5 cm³/mol. The molecule has 0 spiro atoms. The third-order valence-corrected chi connectivity index (χ3v) is 3.09. The molecule has 16 heavy (non-hydrogen) atoms. The molecule has 0 aliphatic heterocycles. The number of hydrogen-bond acceptors (Lipinski definition) is 0. The van der Waals surface area contributed by atoms with E-state index >= 15 is 0 Å². The van der Waals surface area contributed by atoms with Crippen LogP contribution in [0, 0.1) is 5.41 Å². The fraction of sp³-hybridized carbons (Fsp3) is 0.429. The summed E-state index contributed by atoms with van der Waals surface area (Å²) in [5.41, 5.74) is 1.40. The fourth-order valence-electron chi connectivity index (χ4n) is 1.34. The highest BCUT2D eigenvalue weighted by molar-refractivity contribution is 6.42. The lowest BCUT2D eigenvalue weighted by atomic mass is 9.92. The molecule has 0 aliphatic rings. The van der Waals surface area contributed by atoms with Crippen molar-refractivity contribution in [1.29, 1.82) is 0 Å². The average Bonchev–Trinajstić information content (AvgIpc) is 2.17. The first-order chi connectivity index (χ1) is 7.29. The molecule has 0 amide bonds.